The Kier molecular flexibility index (Phi) is 5.08. The van der Waals surface area contributed by atoms with E-state index in [9.17, 15) is 14.9 Å². The van der Waals surface area contributed by atoms with Gasteiger partial charge in [-0.3, -0.25) is 14.9 Å². The first-order valence-electron chi connectivity index (χ1n) is 6.72. The second-order valence-electron chi connectivity index (χ2n) is 4.86. The molecular weight excluding hydrogens is 298 g/mol. The van der Waals surface area contributed by atoms with Crippen molar-refractivity contribution in [3.63, 3.8) is 0 Å². The zero-order valence-electron chi connectivity index (χ0n) is 11.5. The molecule has 2 rings (SSSR count). The monoisotopic (exact) mass is 313 g/mol. The van der Waals surface area contributed by atoms with E-state index in [1.165, 1.54) is 6.07 Å². The van der Waals surface area contributed by atoms with Crippen LogP contribution in [0.5, 0.6) is 0 Å². The van der Waals surface area contributed by atoms with E-state index in [1.807, 2.05) is 6.92 Å². The van der Waals surface area contributed by atoms with Gasteiger partial charge in [-0.2, -0.15) is 0 Å². The quantitative estimate of drug-likeness (QED) is 0.511. The first-order valence-corrected chi connectivity index (χ1v) is 7.10. The SMILES string of the molecule is CCC1OCCC1CNC(=O)c1cc(Cl)ncc1[N+](=O)[O-]. The molecule has 2 unspecified atom stereocenters. The summed E-state index contributed by atoms with van der Waals surface area (Å²) < 4.78 is 5.54. The van der Waals surface area contributed by atoms with Gasteiger partial charge < -0.3 is 10.1 Å². The van der Waals surface area contributed by atoms with Crippen molar-refractivity contribution < 1.29 is 14.5 Å². The van der Waals surface area contributed by atoms with Gasteiger partial charge >= 0.3 is 0 Å². The number of carbonyl (C=O) groups is 1. The molecule has 0 aliphatic carbocycles. The number of nitro groups is 1. The Morgan fingerprint density at radius 3 is 3.10 bits per heavy atom. The summed E-state index contributed by atoms with van der Waals surface area (Å²) in [6, 6.07) is 1.21. The van der Waals surface area contributed by atoms with Crippen molar-refractivity contribution >= 4 is 23.2 Å². The molecular formula is C13H16ClN3O4. The van der Waals surface area contributed by atoms with Crippen LogP contribution in [-0.2, 0) is 4.74 Å². The van der Waals surface area contributed by atoms with Gasteiger partial charge in [0.2, 0.25) is 0 Å². The summed E-state index contributed by atoms with van der Waals surface area (Å²) in [5, 5.41) is 13.7. The lowest BCUT2D eigenvalue weighted by Gasteiger charge is -2.17. The largest absolute Gasteiger partial charge is 0.378 e. The molecule has 0 aromatic carbocycles. The zero-order chi connectivity index (χ0) is 15.4. The van der Waals surface area contributed by atoms with Gasteiger partial charge in [0.25, 0.3) is 11.6 Å². The predicted molar refractivity (Wildman–Crippen MR) is 76.4 cm³/mol. The van der Waals surface area contributed by atoms with Crippen LogP contribution in [0.2, 0.25) is 5.15 Å². The molecule has 1 saturated heterocycles. The van der Waals surface area contributed by atoms with E-state index in [0.29, 0.717) is 13.2 Å². The fourth-order valence-corrected chi connectivity index (χ4v) is 2.60. The normalized spacial score (nSPS) is 21.2. The van der Waals surface area contributed by atoms with Crippen LogP contribution in [0, 0.1) is 16.0 Å². The van der Waals surface area contributed by atoms with Gasteiger partial charge in [-0.1, -0.05) is 18.5 Å². The third kappa shape index (κ3) is 3.68. The maximum absolute atomic E-state index is 12.1. The molecule has 1 fully saturated rings. The van der Waals surface area contributed by atoms with E-state index in [2.05, 4.69) is 10.3 Å². The van der Waals surface area contributed by atoms with Crippen molar-refractivity contribution in [2.75, 3.05) is 13.2 Å². The molecule has 8 heteroatoms. The fraction of sp³-hybridized carbons (Fsp3) is 0.538. The molecule has 0 saturated carbocycles. The number of aromatic nitrogens is 1. The average molecular weight is 314 g/mol. The number of hydrogen-bond donors (Lipinski definition) is 1. The highest BCUT2D eigenvalue weighted by atomic mass is 35.5. The summed E-state index contributed by atoms with van der Waals surface area (Å²) in [5.41, 5.74) is -0.432. The summed E-state index contributed by atoms with van der Waals surface area (Å²) in [7, 11) is 0. The molecule has 7 nitrogen and oxygen atoms in total. The molecule has 1 aromatic rings. The third-order valence-corrected chi connectivity index (χ3v) is 3.77. The summed E-state index contributed by atoms with van der Waals surface area (Å²) >= 11 is 5.70. The number of rotatable bonds is 5. The fourth-order valence-electron chi connectivity index (χ4n) is 2.45. The minimum atomic E-state index is -0.647. The Bertz CT molecular complexity index is 552. The van der Waals surface area contributed by atoms with E-state index < -0.39 is 10.8 Å². The Balaban J connectivity index is 2.06. The van der Waals surface area contributed by atoms with Crippen molar-refractivity contribution in [1.29, 1.82) is 0 Å². The van der Waals surface area contributed by atoms with Crippen LogP contribution >= 0.6 is 11.6 Å². The lowest BCUT2D eigenvalue weighted by molar-refractivity contribution is -0.385. The van der Waals surface area contributed by atoms with Crippen molar-refractivity contribution in [3.05, 3.63) is 33.1 Å². The maximum Gasteiger partial charge on any atom is 0.300 e. The molecule has 21 heavy (non-hydrogen) atoms. The standard InChI is InChI=1S/C13H16ClN3O4/c1-2-11-8(3-4-21-11)6-16-13(18)9-5-12(14)15-7-10(9)17(19)20/h5,7-8,11H,2-4,6H2,1H3,(H,16,18). The molecule has 0 spiro atoms. The van der Waals surface area contributed by atoms with E-state index in [4.69, 9.17) is 16.3 Å². The molecule has 1 aromatic heterocycles. The van der Waals surface area contributed by atoms with Gasteiger partial charge in [-0.25, -0.2) is 4.98 Å². The molecule has 1 aliphatic rings. The van der Waals surface area contributed by atoms with Gasteiger partial charge in [0.05, 0.1) is 11.0 Å². The van der Waals surface area contributed by atoms with Gasteiger partial charge in [-0.05, 0) is 18.9 Å². The number of pyridine rings is 1. The van der Waals surface area contributed by atoms with Crippen LogP contribution in [0.15, 0.2) is 12.3 Å². The van der Waals surface area contributed by atoms with Crippen molar-refractivity contribution in [2.45, 2.75) is 25.9 Å². The number of ether oxygens (including phenoxy) is 1. The number of nitrogens with zero attached hydrogens (tertiary/aromatic N) is 2. The average Bonchev–Trinajstić information content (AvgIpc) is 2.91. The molecule has 2 atom stereocenters. The zero-order valence-corrected chi connectivity index (χ0v) is 12.3. The minimum absolute atomic E-state index is 0.0429. The first kappa shape index (κ1) is 15.7. The molecule has 114 valence electrons. The molecule has 2 heterocycles. The summed E-state index contributed by atoms with van der Waals surface area (Å²) in [6.45, 7) is 3.13. The maximum atomic E-state index is 12.1. The number of carbonyl (C=O) groups excluding carboxylic acids is 1. The van der Waals surface area contributed by atoms with Crippen LogP contribution < -0.4 is 5.32 Å². The number of amides is 1. The summed E-state index contributed by atoms with van der Waals surface area (Å²) in [4.78, 5) is 26.0. The van der Waals surface area contributed by atoms with Crippen LogP contribution in [0.3, 0.4) is 0 Å². The van der Waals surface area contributed by atoms with E-state index in [0.717, 1.165) is 19.0 Å². The topological polar surface area (TPSA) is 94.4 Å². The lowest BCUT2D eigenvalue weighted by Crippen LogP contribution is -2.33. The molecule has 1 aliphatic heterocycles. The summed E-state index contributed by atoms with van der Waals surface area (Å²) in [5.74, 6) is -0.289. The summed E-state index contributed by atoms with van der Waals surface area (Å²) in [6.07, 6.45) is 2.87. The van der Waals surface area contributed by atoms with E-state index >= 15 is 0 Å². The highest BCUT2D eigenvalue weighted by Gasteiger charge is 2.28. The predicted octanol–water partition coefficient (Wildman–Crippen LogP) is 2.19. The van der Waals surface area contributed by atoms with Gasteiger partial charge in [0.15, 0.2) is 0 Å². The van der Waals surface area contributed by atoms with E-state index in [-0.39, 0.29) is 28.4 Å². The first-order chi connectivity index (χ1) is 10.0. The Morgan fingerprint density at radius 1 is 1.67 bits per heavy atom. The Morgan fingerprint density at radius 2 is 2.43 bits per heavy atom. The van der Waals surface area contributed by atoms with Crippen molar-refractivity contribution in [3.8, 4) is 0 Å². The van der Waals surface area contributed by atoms with Crippen molar-refractivity contribution in [2.24, 2.45) is 5.92 Å². The smallest absolute Gasteiger partial charge is 0.300 e. The van der Waals surface area contributed by atoms with Crippen molar-refractivity contribution in [1.82, 2.24) is 10.3 Å². The third-order valence-electron chi connectivity index (χ3n) is 3.56. The highest BCUT2D eigenvalue weighted by molar-refractivity contribution is 6.29. The number of nitrogens with one attached hydrogen (secondary N) is 1. The molecule has 0 bridgehead atoms. The molecule has 0 radical (unpaired) electrons. The second-order valence-corrected chi connectivity index (χ2v) is 5.24. The molecule has 1 amide bonds. The van der Waals surface area contributed by atoms with Gasteiger partial charge in [-0.15, -0.1) is 0 Å². The lowest BCUT2D eigenvalue weighted by atomic mass is 9.99. The Hall–Kier alpha value is -1.73. The minimum Gasteiger partial charge on any atom is -0.378 e. The number of hydrogen-bond acceptors (Lipinski definition) is 5. The Labute approximate surface area is 126 Å². The van der Waals surface area contributed by atoms with Gasteiger partial charge in [0.1, 0.15) is 16.9 Å². The van der Waals surface area contributed by atoms with Crippen LogP contribution in [-0.4, -0.2) is 35.1 Å². The highest BCUT2D eigenvalue weighted by Crippen LogP contribution is 2.24. The van der Waals surface area contributed by atoms with Crippen LogP contribution in [0.25, 0.3) is 0 Å². The second kappa shape index (κ2) is 6.82. The number of halogens is 1. The van der Waals surface area contributed by atoms with Gasteiger partial charge in [0, 0.05) is 19.1 Å². The van der Waals surface area contributed by atoms with Crippen LogP contribution in [0.4, 0.5) is 5.69 Å². The van der Waals surface area contributed by atoms with E-state index in [1.54, 1.807) is 0 Å². The van der Waals surface area contributed by atoms with Crippen LogP contribution in [0.1, 0.15) is 30.1 Å². The molecule has 1 N–H and O–H groups in total.